The first kappa shape index (κ1) is 14.8. The van der Waals surface area contributed by atoms with Gasteiger partial charge in [0.2, 0.25) is 0 Å². The van der Waals surface area contributed by atoms with Gasteiger partial charge in [-0.05, 0) is 42.8 Å². The Labute approximate surface area is 120 Å². The second kappa shape index (κ2) is 7.22. The minimum atomic E-state index is 0.0583. The molecule has 4 nitrogen and oxygen atoms in total. The van der Waals surface area contributed by atoms with Crippen molar-refractivity contribution in [3.8, 4) is 0 Å². The van der Waals surface area contributed by atoms with Gasteiger partial charge in [-0.2, -0.15) is 0 Å². The number of furan rings is 1. The smallest absolute Gasteiger partial charge is 0.122 e. The van der Waals surface area contributed by atoms with E-state index >= 15 is 0 Å². The van der Waals surface area contributed by atoms with Gasteiger partial charge in [-0.15, -0.1) is 0 Å². The lowest BCUT2D eigenvalue weighted by molar-refractivity contribution is 0.147. The Morgan fingerprint density at radius 1 is 1.25 bits per heavy atom. The van der Waals surface area contributed by atoms with Crippen LogP contribution in [-0.2, 0) is 6.54 Å². The van der Waals surface area contributed by atoms with Crippen LogP contribution in [0.15, 0.2) is 47.3 Å². The van der Waals surface area contributed by atoms with Crippen molar-refractivity contribution < 1.29 is 4.42 Å². The zero-order valence-electron chi connectivity index (χ0n) is 12.2. The molecule has 2 aromatic heterocycles. The van der Waals surface area contributed by atoms with Gasteiger partial charge in [0.15, 0.2) is 0 Å². The Hall–Kier alpha value is -1.65. The summed E-state index contributed by atoms with van der Waals surface area (Å²) in [5, 5.41) is 0. The van der Waals surface area contributed by atoms with Crippen LogP contribution in [0.5, 0.6) is 0 Å². The average molecular weight is 273 g/mol. The van der Waals surface area contributed by atoms with Crippen molar-refractivity contribution in [2.24, 2.45) is 5.73 Å². The number of aromatic nitrogens is 1. The Morgan fingerprint density at radius 2 is 2.00 bits per heavy atom. The van der Waals surface area contributed by atoms with Crippen molar-refractivity contribution in [2.75, 3.05) is 6.54 Å². The molecule has 4 heteroatoms. The summed E-state index contributed by atoms with van der Waals surface area (Å²) in [6.07, 6.45) is 6.28. The number of rotatable bonds is 7. The number of nitrogens with two attached hydrogens (primary N) is 1. The van der Waals surface area contributed by atoms with E-state index in [9.17, 15) is 0 Å². The molecule has 2 rings (SSSR count). The van der Waals surface area contributed by atoms with Gasteiger partial charge in [-0.25, -0.2) is 0 Å². The molecule has 0 fully saturated rings. The Morgan fingerprint density at radius 3 is 2.55 bits per heavy atom. The molecule has 0 amide bonds. The van der Waals surface area contributed by atoms with E-state index in [1.807, 2.05) is 36.7 Å². The lowest BCUT2D eigenvalue weighted by atomic mass is 10.0. The van der Waals surface area contributed by atoms with Crippen molar-refractivity contribution in [3.05, 3.63) is 54.2 Å². The molecule has 2 N–H and O–H groups in total. The predicted molar refractivity (Wildman–Crippen MR) is 80.0 cm³/mol. The van der Waals surface area contributed by atoms with E-state index < -0.39 is 0 Å². The maximum atomic E-state index is 6.32. The third-order valence-electron chi connectivity index (χ3n) is 3.65. The molecule has 2 aromatic rings. The number of pyridine rings is 1. The van der Waals surface area contributed by atoms with Crippen molar-refractivity contribution >= 4 is 0 Å². The molecule has 0 saturated carbocycles. The zero-order chi connectivity index (χ0) is 14.4. The van der Waals surface area contributed by atoms with Gasteiger partial charge in [0, 0.05) is 25.0 Å². The first-order valence-electron chi connectivity index (χ1n) is 7.18. The second-order valence-electron chi connectivity index (χ2n) is 4.95. The molecule has 2 heterocycles. The summed E-state index contributed by atoms with van der Waals surface area (Å²) in [5.41, 5.74) is 7.56. The highest BCUT2D eigenvalue weighted by atomic mass is 16.3. The highest BCUT2D eigenvalue weighted by molar-refractivity contribution is 5.12. The van der Waals surface area contributed by atoms with E-state index in [0.717, 1.165) is 25.3 Å². The lowest BCUT2D eigenvalue weighted by Crippen LogP contribution is -2.40. The van der Waals surface area contributed by atoms with Crippen LogP contribution in [0.4, 0.5) is 0 Å². The quantitative estimate of drug-likeness (QED) is 0.842. The molecule has 2 unspecified atom stereocenters. The van der Waals surface area contributed by atoms with Gasteiger partial charge in [-0.1, -0.05) is 13.8 Å². The van der Waals surface area contributed by atoms with E-state index in [-0.39, 0.29) is 12.1 Å². The third-order valence-corrected chi connectivity index (χ3v) is 3.65. The molecule has 20 heavy (non-hydrogen) atoms. The zero-order valence-corrected chi connectivity index (χ0v) is 12.2. The van der Waals surface area contributed by atoms with E-state index in [2.05, 4.69) is 23.7 Å². The van der Waals surface area contributed by atoms with Gasteiger partial charge in [0.05, 0.1) is 12.3 Å². The SMILES string of the molecule is CCC(N)C(c1ccco1)N(CC)Cc1ccncc1. The summed E-state index contributed by atoms with van der Waals surface area (Å²) in [4.78, 5) is 6.41. The number of likely N-dealkylation sites (N-methyl/N-ethyl adjacent to an activating group) is 1. The van der Waals surface area contributed by atoms with Crippen molar-refractivity contribution in [1.82, 2.24) is 9.88 Å². The summed E-state index contributed by atoms with van der Waals surface area (Å²) in [7, 11) is 0. The van der Waals surface area contributed by atoms with Crippen LogP contribution in [0.2, 0.25) is 0 Å². The van der Waals surface area contributed by atoms with Crippen LogP contribution >= 0.6 is 0 Å². The number of hydrogen-bond acceptors (Lipinski definition) is 4. The molecular weight excluding hydrogens is 250 g/mol. The van der Waals surface area contributed by atoms with Crippen LogP contribution < -0.4 is 5.73 Å². The molecule has 0 aromatic carbocycles. The third kappa shape index (κ3) is 3.46. The standard InChI is InChI=1S/C16H23N3O/c1-3-14(17)16(15-6-5-11-20-15)19(4-2)12-13-7-9-18-10-8-13/h5-11,14,16H,3-4,12,17H2,1-2H3. The molecular formula is C16H23N3O. The summed E-state index contributed by atoms with van der Waals surface area (Å²) in [6.45, 7) is 6.03. The predicted octanol–water partition coefficient (Wildman–Crippen LogP) is 2.98. The number of nitrogens with zero attached hydrogens (tertiary/aromatic N) is 2. The van der Waals surface area contributed by atoms with Gasteiger partial charge >= 0.3 is 0 Å². The first-order chi connectivity index (χ1) is 9.76. The minimum Gasteiger partial charge on any atom is -0.468 e. The van der Waals surface area contributed by atoms with Crippen LogP contribution in [0, 0.1) is 0 Å². The molecule has 108 valence electrons. The molecule has 0 aliphatic carbocycles. The van der Waals surface area contributed by atoms with Crippen LogP contribution in [-0.4, -0.2) is 22.5 Å². The molecule has 0 saturated heterocycles. The lowest BCUT2D eigenvalue weighted by Gasteiger charge is -2.33. The minimum absolute atomic E-state index is 0.0583. The highest BCUT2D eigenvalue weighted by Crippen LogP contribution is 2.26. The van der Waals surface area contributed by atoms with E-state index in [1.165, 1.54) is 5.56 Å². The Bertz CT molecular complexity index is 484. The largest absolute Gasteiger partial charge is 0.468 e. The highest BCUT2D eigenvalue weighted by Gasteiger charge is 2.27. The van der Waals surface area contributed by atoms with E-state index in [4.69, 9.17) is 10.2 Å². The van der Waals surface area contributed by atoms with Crippen LogP contribution in [0.25, 0.3) is 0 Å². The molecule has 0 bridgehead atoms. The first-order valence-corrected chi connectivity index (χ1v) is 7.18. The van der Waals surface area contributed by atoms with Crippen LogP contribution in [0.3, 0.4) is 0 Å². The molecule has 2 atom stereocenters. The molecule has 0 aliphatic heterocycles. The fourth-order valence-electron chi connectivity index (χ4n) is 2.47. The second-order valence-corrected chi connectivity index (χ2v) is 4.95. The van der Waals surface area contributed by atoms with Gasteiger partial charge in [0.25, 0.3) is 0 Å². The number of hydrogen-bond donors (Lipinski definition) is 1. The Kier molecular flexibility index (Phi) is 5.32. The fraction of sp³-hybridized carbons (Fsp3) is 0.438. The van der Waals surface area contributed by atoms with Gasteiger partial charge < -0.3 is 10.2 Å². The summed E-state index contributed by atoms with van der Waals surface area (Å²) in [5.74, 6) is 0.940. The van der Waals surface area contributed by atoms with E-state index in [1.54, 1.807) is 6.26 Å². The van der Waals surface area contributed by atoms with Crippen molar-refractivity contribution in [1.29, 1.82) is 0 Å². The topological polar surface area (TPSA) is 55.3 Å². The van der Waals surface area contributed by atoms with Crippen molar-refractivity contribution in [2.45, 2.75) is 38.9 Å². The molecule has 0 aliphatic rings. The summed E-state index contributed by atoms with van der Waals surface area (Å²) >= 11 is 0. The van der Waals surface area contributed by atoms with E-state index in [0.29, 0.717) is 0 Å². The van der Waals surface area contributed by atoms with Crippen molar-refractivity contribution in [3.63, 3.8) is 0 Å². The summed E-state index contributed by atoms with van der Waals surface area (Å²) in [6, 6.07) is 8.18. The molecule has 0 radical (unpaired) electrons. The maximum Gasteiger partial charge on any atom is 0.122 e. The molecule has 0 spiro atoms. The monoisotopic (exact) mass is 273 g/mol. The fourth-order valence-corrected chi connectivity index (χ4v) is 2.47. The average Bonchev–Trinajstić information content (AvgIpc) is 3.01. The van der Waals surface area contributed by atoms with Crippen LogP contribution in [0.1, 0.15) is 37.6 Å². The van der Waals surface area contributed by atoms with Gasteiger partial charge in [-0.3, -0.25) is 9.88 Å². The maximum absolute atomic E-state index is 6.32. The Balaban J connectivity index is 2.21. The normalized spacial score (nSPS) is 14.4. The van der Waals surface area contributed by atoms with Gasteiger partial charge in [0.1, 0.15) is 5.76 Å². The summed E-state index contributed by atoms with van der Waals surface area (Å²) < 4.78 is 5.61.